The van der Waals surface area contributed by atoms with Crippen molar-refractivity contribution in [1.29, 1.82) is 0 Å². The first-order chi connectivity index (χ1) is 8.60. The molecule has 0 unspecified atom stereocenters. The largest absolute Gasteiger partial charge is 0.496 e. The molecule has 0 spiro atoms. The van der Waals surface area contributed by atoms with E-state index < -0.39 is 0 Å². The van der Waals surface area contributed by atoms with Gasteiger partial charge in [0.1, 0.15) is 5.75 Å². The highest BCUT2D eigenvalue weighted by atomic mass is 32.2. The summed E-state index contributed by atoms with van der Waals surface area (Å²) in [5.74, 6) is 2.60. The SMILES string of the molecule is COc1ccc(NC2=N[C@@H](C(C)C)CS2)cc1C. The van der Waals surface area contributed by atoms with Gasteiger partial charge < -0.3 is 10.1 Å². The van der Waals surface area contributed by atoms with Crippen LogP contribution in [0.3, 0.4) is 0 Å². The number of methoxy groups -OCH3 is 1. The van der Waals surface area contributed by atoms with Gasteiger partial charge in [-0.2, -0.15) is 0 Å². The van der Waals surface area contributed by atoms with Crippen molar-refractivity contribution in [2.24, 2.45) is 10.9 Å². The van der Waals surface area contributed by atoms with E-state index in [-0.39, 0.29) is 0 Å². The van der Waals surface area contributed by atoms with Crippen LogP contribution in [0.2, 0.25) is 0 Å². The van der Waals surface area contributed by atoms with Crippen molar-refractivity contribution in [3.63, 3.8) is 0 Å². The van der Waals surface area contributed by atoms with Crippen molar-refractivity contribution in [1.82, 2.24) is 0 Å². The number of aryl methyl sites for hydroxylation is 1. The topological polar surface area (TPSA) is 33.6 Å². The van der Waals surface area contributed by atoms with Gasteiger partial charge in [-0.1, -0.05) is 25.6 Å². The molecule has 0 aliphatic carbocycles. The Labute approximate surface area is 113 Å². The number of hydrogen-bond donors (Lipinski definition) is 1. The molecule has 98 valence electrons. The minimum atomic E-state index is 0.442. The number of aliphatic imine (C=N–C) groups is 1. The molecular formula is C14H20N2OS. The lowest BCUT2D eigenvalue weighted by Gasteiger charge is -2.09. The molecule has 0 amide bonds. The Balaban J connectivity index is 2.06. The molecule has 1 aromatic rings. The van der Waals surface area contributed by atoms with Gasteiger partial charge in [0, 0.05) is 11.4 Å². The molecular weight excluding hydrogens is 244 g/mol. The third-order valence-corrected chi connectivity index (χ3v) is 4.08. The molecule has 4 heteroatoms. The van der Waals surface area contributed by atoms with E-state index in [4.69, 9.17) is 9.73 Å². The van der Waals surface area contributed by atoms with Crippen molar-refractivity contribution < 1.29 is 4.74 Å². The molecule has 1 aliphatic rings. The summed E-state index contributed by atoms with van der Waals surface area (Å²) in [6, 6.07) is 6.54. The van der Waals surface area contributed by atoms with Crippen molar-refractivity contribution in [3.8, 4) is 5.75 Å². The molecule has 1 N–H and O–H groups in total. The minimum absolute atomic E-state index is 0.442. The summed E-state index contributed by atoms with van der Waals surface area (Å²) in [5, 5.41) is 4.40. The minimum Gasteiger partial charge on any atom is -0.496 e. The number of rotatable bonds is 3. The van der Waals surface area contributed by atoms with Crippen molar-refractivity contribution in [2.45, 2.75) is 26.8 Å². The van der Waals surface area contributed by atoms with Gasteiger partial charge in [-0.15, -0.1) is 0 Å². The first kappa shape index (κ1) is 13.3. The van der Waals surface area contributed by atoms with Crippen molar-refractivity contribution in [3.05, 3.63) is 23.8 Å². The third kappa shape index (κ3) is 2.99. The van der Waals surface area contributed by atoms with Gasteiger partial charge in [0.25, 0.3) is 0 Å². The Bertz CT molecular complexity index is 457. The Hall–Kier alpha value is -1.16. The summed E-state index contributed by atoms with van der Waals surface area (Å²) in [6.07, 6.45) is 0. The average molecular weight is 264 g/mol. The monoisotopic (exact) mass is 264 g/mol. The number of amidine groups is 1. The van der Waals surface area contributed by atoms with Gasteiger partial charge >= 0.3 is 0 Å². The van der Waals surface area contributed by atoms with Crippen molar-refractivity contribution in [2.75, 3.05) is 18.2 Å². The second kappa shape index (κ2) is 5.65. The van der Waals surface area contributed by atoms with E-state index in [1.54, 1.807) is 18.9 Å². The van der Waals surface area contributed by atoms with Crippen LogP contribution in [-0.2, 0) is 0 Å². The molecule has 1 aromatic carbocycles. The highest BCUT2D eigenvalue weighted by molar-refractivity contribution is 8.14. The Kier molecular flexibility index (Phi) is 4.17. The fourth-order valence-electron chi connectivity index (χ4n) is 1.88. The highest BCUT2D eigenvalue weighted by Crippen LogP contribution is 2.26. The van der Waals surface area contributed by atoms with Crippen LogP contribution in [0.1, 0.15) is 19.4 Å². The zero-order chi connectivity index (χ0) is 13.1. The quantitative estimate of drug-likeness (QED) is 0.906. The number of ether oxygens (including phenoxy) is 1. The molecule has 0 saturated heterocycles. The normalized spacial score (nSPS) is 18.9. The number of anilines is 1. The lowest BCUT2D eigenvalue weighted by molar-refractivity contribution is 0.412. The van der Waals surface area contributed by atoms with E-state index >= 15 is 0 Å². The lowest BCUT2D eigenvalue weighted by atomic mass is 10.1. The number of nitrogens with one attached hydrogen (secondary N) is 1. The van der Waals surface area contributed by atoms with E-state index in [2.05, 4.69) is 25.2 Å². The van der Waals surface area contributed by atoms with Crippen LogP contribution in [0.15, 0.2) is 23.2 Å². The number of nitrogens with zero attached hydrogens (tertiary/aromatic N) is 1. The first-order valence-corrected chi connectivity index (χ1v) is 7.21. The van der Waals surface area contributed by atoms with E-state index in [1.807, 2.05) is 19.1 Å². The predicted molar refractivity (Wildman–Crippen MR) is 79.9 cm³/mol. The second-order valence-corrected chi connectivity index (χ2v) is 5.87. The highest BCUT2D eigenvalue weighted by Gasteiger charge is 2.21. The van der Waals surface area contributed by atoms with Gasteiger partial charge in [0.05, 0.1) is 13.2 Å². The fourth-order valence-corrected chi connectivity index (χ4v) is 3.07. The molecule has 1 atom stereocenters. The molecule has 0 fully saturated rings. The van der Waals surface area contributed by atoms with E-state index in [0.29, 0.717) is 12.0 Å². The summed E-state index contributed by atoms with van der Waals surface area (Å²) >= 11 is 1.80. The molecule has 1 aliphatic heterocycles. The predicted octanol–water partition coefficient (Wildman–Crippen LogP) is 3.54. The van der Waals surface area contributed by atoms with Crippen LogP contribution in [-0.4, -0.2) is 24.1 Å². The maximum Gasteiger partial charge on any atom is 0.161 e. The second-order valence-electron chi connectivity index (χ2n) is 4.87. The zero-order valence-corrected chi connectivity index (χ0v) is 12.2. The molecule has 2 rings (SSSR count). The summed E-state index contributed by atoms with van der Waals surface area (Å²) in [5.41, 5.74) is 2.20. The van der Waals surface area contributed by atoms with Gasteiger partial charge in [0.2, 0.25) is 0 Å². The maximum absolute atomic E-state index is 5.26. The van der Waals surface area contributed by atoms with Crippen LogP contribution in [0.5, 0.6) is 5.75 Å². The first-order valence-electron chi connectivity index (χ1n) is 6.22. The summed E-state index contributed by atoms with van der Waals surface area (Å²) in [4.78, 5) is 4.69. The van der Waals surface area contributed by atoms with Gasteiger partial charge in [0.15, 0.2) is 5.17 Å². The number of thioether (sulfide) groups is 1. The van der Waals surface area contributed by atoms with Gasteiger partial charge in [-0.05, 0) is 36.6 Å². The maximum atomic E-state index is 5.26. The Morgan fingerprint density at radius 2 is 2.22 bits per heavy atom. The molecule has 0 aromatic heterocycles. The van der Waals surface area contributed by atoms with Crippen molar-refractivity contribution >= 4 is 22.6 Å². The smallest absolute Gasteiger partial charge is 0.161 e. The van der Waals surface area contributed by atoms with Crippen LogP contribution >= 0.6 is 11.8 Å². The molecule has 3 nitrogen and oxygen atoms in total. The van der Waals surface area contributed by atoms with E-state index in [1.165, 1.54) is 0 Å². The summed E-state index contributed by atoms with van der Waals surface area (Å²) in [6.45, 7) is 6.48. The Morgan fingerprint density at radius 1 is 1.44 bits per heavy atom. The molecule has 0 bridgehead atoms. The molecule has 1 heterocycles. The third-order valence-electron chi connectivity index (χ3n) is 3.09. The zero-order valence-electron chi connectivity index (χ0n) is 11.4. The molecule has 18 heavy (non-hydrogen) atoms. The lowest BCUT2D eigenvalue weighted by Crippen LogP contribution is -2.12. The van der Waals surface area contributed by atoms with Gasteiger partial charge in [-0.25, -0.2) is 0 Å². The van der Waals surface area contributed by atoms with E-state index in [0.717, 1.165) is 27.9 Å². The van der Waals surface area contributed by atoms with E-state index in [9.17, 15) is 0 Å². The van der Waals surface area contributed by atoms with Crippen LogP contribution in [0, 0.1) is 12.8 Å². The number of benzene rings is 1. The van der Waals surface area contributed by atoms with Crippen LogP contribution in [0.4, 0.5) is 5.69 Å². The van der Waals surface area contributed by atoms with Gasteiger partial charge in [-0.3, -0.25) is 4.99 Å². The number of hydrogen-bond acceptors (Lipinski definition) is 4. The van der Waals surface area contributed by atoms with Crippen LogP contribution < -0.4 is 10.1 Å². The standard InChI is InChI=1S/C14H20N2OS/c1-9(2)12-8-18-14(16-12)15-11-5-6-13(17-4)10(3)7-11/h5-7,9,12H,8H2,1-4H3,(H,15,16)/t12-/m1/s1. The van der Waals surface area contributed by atoms with Crippen LogP contribution in [0.25, 0.3) is 0 Å². The summed E-state index contributed by atoms with van der Waals surface area (Å²) < 4.78 is 5.26. The molecule has 0 radical (unpaired) electrons. The Morgan fingerprint density at radius 3 is 2.78 bits per heavy atom. The molecule has 0 saturated carbocycles. The fraction of sp³-hybridized carbons (Fsp3) is 0.500. The average Bonchev–Trinajstić information content (AvgIpc) is 2.78. The summed E-state index contributed by atoms with van der Waals surface area (Å²) in [7, 11) is 1.69.